The standard InChI is InChI=1S/C33H35F3N8O3S/c1-20(2)27-16-13-25(41(4)5)17-28(27)44-29(45)18-48-32(44)38-31(46)40-42(6)21(3)22-7-9-23(10-8-22)30-37-19-43(39-30)24-11-14-26(15-12-24)47-33(34,35)36/h7-17,19-21H,18H2,1-6H3,(H,40,46)/b38-32-. The first-order valence-electron chi connectivity index (χ1n) is 15.0. The highest BCUT2D eigenvalue weighted by atomic mass is 32.2. The van der Waals surface area contributed by atoms with Gasteiger partial charge in [-0.3, -0.25) is 15.1 Å². The minimum absolute atomic E-state index is 0.140. The highest BCUT2D eigenvalue weighted by Crippen LogP contribution is 2.36. The second kappa shape index (κ2) is 14.1. The van der Waals surface area contributed by atoms with Crippen LogP contribution in [0.5, 0.6) is 5.75 Å². The van der Waals surface area contributed by atoms with Gasteiger partial charge in [-0.25, -0.2) is 19.5 Å². The second-order valence-electron chi connectivity index (χ2n) is 11.6. The largest absolute Gasteiger partial charge is 0.573 e. The number of alkyl halides is 3. The number of amides is 3. The van der Waals surface area contributed by atoms with Crippen LogP contribution in [-0.2, 0) is 4.79 Å². The Morgan fingerprint density at radius 2 is 1.71 bits per heavy atom. The maximum atomic E-state index is 13.1. The van der Waals surface area contributed by atoms with E-state index in [1.165, 1.54) is 51.9 Å². The van der Waals surface area contributed by atoms with Crippen molar-refractivity contribution in [1.82, 2.24) is 25.2 Å². The number of amidine groups is 1. The molecule has 0 spiro atoms. The molecule has 4 aromatic rings. The number of halogens is 3. The average Bonchev–Trinajstić information content (AvgIpc) is 3.67. The number of carbonyl (C=O) groups excluding carboxylic acids is 2. The van der Waals surface area contributed by atoms with Crippen LogP contribution in [0.15, 0.2) is 78.0 Å². The lowest BCUT2D eigenvalue weighted by atomic mass is 9.99. The SMILES string of the molecule is CC(C)c1ccc(N(C)C)cc1N1C(=O)CS/C1=N\C(=O)NN(C)C(C)c1ccc(-c2ncn(-c3ccc(OC(F)(F)F)cc3)n2)cc1. The molecular weight excluding hydrogens is 645 g/mol. The van der Waals surface area contributed by atoms with Gasteiger partial charge in [0.2, 0.25) is 5.91 Å². The smallest absolute Gasteiger partial charge is 0.406 e. The lowest BCUT2D eigenvalue weighted by Crippen LogP contribution is -2.40. The van der Waals surface area contributed by atoms with Crippen LogP contribution in [0.4, 0.5) is 29.3 Å². The van der Waals surface area contributed by atoms with Crippen molar-refractivity contribution in [3.8, 4) is 22.8 Å². The fourth-order valence-electron chi connectivity index (χ4n) is 4.99. The lowest BCUT2D eigenvalue weighted by molar-refractivity contribution is -0.274. The maximum Gasteiger partial charge on any atom is 0.573 e. The third-order valence-corrected chi connectivity index (χ3v) is 8.61. The number of hydrazine groups is 1. The molecule has 0 radical (unpaired) electrons. The van der Waals surface area contributed by atoms with E-state index in [1.54, 1.807) is 12.1 Å². The summed E-state index contributed by atoms with van der Waals surface area (Å²) in [5.41, 5.74) is 7.55. The molecule has 2 heterocycles. The van der Waals surface area contributed by atoms with E-state index >= 15 is 0 Å². The number of anilines is 2. The number of urea groups is 1. The van der Waals surface area contributed by atoms with E-state index in [-0.39, 0.29) is 29.4 Å². The van der Waals surface area contributed by atoms with Gasteiger partial charge in [-0.1, -0.05) is 55.9 Å². The molecule has 1 atom stereocenters. The molecule has 1 N–H and O–H groups in total. The van der Waals surface area contributed by atoms with Crippen molar-refractivity contribution in [2.45, 2.75) is 39.1 Å². The molecule has 1 aliphatic rings. The van der Waals surface area contributed by atoms with E-state index in [0.29, 0.717) is 22.4 Å². The number of ether oxygens (including phenoxy) is 1. The molecule has 15 heteroatoms. The molecule has 3 amide bonds. The summed E-state index contributed by atoms with van der Waals surface area (Å²) in [5.74, 6) is 0.291. The van der Waals surface area contributed by atoms with Crippen LogP contribution in [0.3, 0.4) is 0 Å². The number of carbonyl (C=O) groups is 2. The van der Waals surface area contributed by atoms with Crippen molar-refractivity contribution >= 4 is 40.2 Å². The van der Waals surface area contributed by atoms with Gasteiger partial charge in [0.25, 0.3) is 0 Å². The first-order valence-corrected chi connectivity index (χ1v) is 16.0. The summed E-state index contributed by atoms with van der Waals surface area (Å²) >= 11 is 1.22. The molecule has 48 heavy (non-hydrogen) atoms. The Hall–Kier alpha value is -4.89. The number of hydrogen-bond donors (Lipinski definition) is 1. The summed E-state index contributed by atoms with van der Waals surface area (Å²) in [7, 11) is 5.59. The maximum absolute atomic E-state index is 13.1. The zero-order valence-corrected chi connectivity index (χ0v) is 28.0. The second-order valence-corrected chi connectivity index (χ2v) is 12.5. The number of hydrogen-bond acceptors (Lipinski definition) is 8. The van der Waals surface area contributed by atoms with E-state index in [4.69, 9.17) is 0 Å². The Morgan fingerprint density at radius 1 is 1.02 bits per heavy atom. The van der Waals surface area contributed by atoms with Gasteiger partial charge in [0.1, 0.15) is 12.1 Å². The lowest BCUT2D eigenvalue weighted by Gasteiger charge is -2.26. The van der Waals surface area contributed by atoms with Gasteiger partial charge in [-0.2, -0.15) is 4.99 Å². The molecule has 252 valence electrons. The third kappa shape index (κ3) is 7.97. The quantitative estimate of drug-likeness (QED) is 0.193. The van der Waals surface area contributed by atoms with Gasteiger partial charge in [0, 0.05) is 32.4 Å². The van der Waals surface area contributed by atoms with Crippen LogP contribution >= 0.6 is 11.8 Å². The fourth-order valence-corrected chi connectivity index (χ4v) is 5.85. The van der Waals surface area contributed by atoms with Crippen molar-refractivity contribution in [1.29, 1.82) is 0 Å². The normalized spacial score (nSPS) is 15.0. The van der Waals surface area contributed by atoms with Gasteiger partial charge in [-0.05, 0) is 60.4 Å². The van der Waals surface area contributed by atoms with Crippen LogP contribution < -0.4 is 20.0 Å². The minimum atomic E-state index is -4.77. The molecular formula is C33H35F3N8O3S. The summed E-state index contributed by atoms with van der Waals surface area (Å²) in [6, 6.07) is 17.9. The fraction of sp³-hybridized carbons (Fsp3) is 0.303. The van der Waals surface area contributed by atoms with Crippen LogP contribution in [0, 0.1) is 0 Å². The van der Waals surface area contributed by atoms with Crippen molar-refractivity contribution in [2.24, 2.45) is 4.99 Å². The highest BCUT2D eigenvalue weighted by Gasteiger charge is 2.33. The summed E-state index contributed by atoms with van der Waals surface area (Å²) < 4.78 is 42.7. The summed E-state index contributed by atoms with van der Waals surface area (Å²) in [5, 5.41) is 6.40. The summed E-state index contributed by atoms with van der Waals surface area (Å²) in [6.07, 6.45) is -3.30. The molecule has 3 aromatic carbocycles. The van der Waals surface area contributed by atoms with Crippen LogP contribution in [0.25, 0.3) is 17.1 Å². The molecule has 0 aliphatic carbocycles. The number of benzene rings is 3. The first kappa shape index (κ1) is 34.4. The van der Waals surface area contributed by atoms with Gasteiger partial charge in [-0.15, -0.1) is 18.3 Å². The first-order chi connectivity index (χ1) is 22.7. The van der Waals surface area contributed by atoms with E-state index in [2.05, 4.69) is 39.1 Å². The average molecular weight is 681 g/mol. The Morgan fingerprint density at radius 3 is 2.33 bits per heavy atom. The monoisotopic (exact) mass is 680 g/mol. The van der Waals surface area contributed by atoms with Crippen LogP contribution in [0.2, 0.25) is 0 Å². The number of aliphatic imine (C=N–C) groups is 1. The number of nitrogens with zero attached hydrogens (tertiary/aromatic N) is 7. The van der Waals surface area contributed by atoms with E-state index in [9.17, 15) is 22.8 Å². The van der Waals surface area contributed by atoms with E-state index in [1.807, 2.05) is 68.4 Å². The van der Waals surface area contributed by atoms with Crippen molar-refractivity contribution in [2.75, 3.05) is 36.7 Å². The Bertz CT molecular complexity index is 1810. The molecule has 5 rings (SSSR count). The summed E-state index contributed by atoms with van der Waals surface area (Å²) in [6.45, 7) is 6.03. The van der Waals surface area contributed by atoms with Crippen LogP contribution in [-0.4, -0.2) is 70.1 Å². The number of rotatable bonds is 9. The van der Waals surface area contributed by atoms with Gasteiger partial charge < -0.3 is 9.64 Å². The molecule has 1 saturated heterocycles. The van der Waals surface area contributed by atoms with Crippen molar-refractivity contribution in [3.63, 3.8) is 0 Å². The predicted octanol–water partition coefficient (Wildman–Crippen LogP) is 6.78. The third-order valence-electron chi connectivity index (χ3n) is 7.69. The van der Waals surface area contributed by atoms with E-state index in [0.717, 1.165) is 22.4 Å². The number of thioether (sulfide) groups is 1. The van der Waals surface area contributed by atoms with Crippen LogP contribution in [0.1, 0.15) is 43.9 Å². The predicted molar refractivity (Wildman–Crippen MR) is 180 cm³/mol. The number of nitrogens with one attached hydrogen (secondary N) is 1. The van der Waals surface area contributed by atoms with Gasteiger partial charge in [0.05, 0.1) is 23.2 Å². The Balaban J connectivity index is 1.25. The Labute approximate surface area is 280 Å². The molecule has 0 saturated carbocycles. The molecule has 1 unspecified atom stereocenters. The van der Waals surface area contributed by atoms with Gasteiger partial charge >= 0.3 is 12.4 Å². The molecule has 1 aliphatic heterocycles. The molecule has 0 bridgehead atoms. The topological polar surface area (TPSA) is 108 Å². The van der Waals surface area contributed by atoms with Gasteiger partial charge in [0.15, 0.2) is 11.0 Å². The molecule has 11 nitrogen and oxygen atoms in total. The minimum Gasteiger partial charge on any atom is -0.406 e. The molecule has 1 fully saturated rings. The molecule has 1 aromatic heterocycles. The summed E-state index contributed by atoms with van der Waals surface area (Å²) in [4.78, 5) is 38.2. The number of aromatic nitrogens is 3. The van der Waals surface area contributed by atoms with Crippen molar-refractivity contribution < 1.29 is 27.5 Å². The van der Waals surface area contributed by atoms with E-state index < -0.39 is 12.4 Å². The van der Waals surface area contributed by atoms with Crippen molar-refractivity contribution in [3.05, 3.63) is 84.2 Å². The Kier molecular flexibility index (Phi) is 10.1. The zero-order valence-electron chi connectivity index (χ0n) is 27.2. The zero-order chi connectivity index (χ0) is 34.7. The highest BCUT2D eigenvalue weighted by molar-refractivity contribution is 8.15.